The van der Waals surface area contributed by atoms with Gasteiger partial charge in [0.15, 0.2) is 0 Å². The molecule has 2 unspecified atom stereocenters. The Hall–Kier alpha value is -0.160. The fraction of sp³-hybridized carbons (Fsp3) is 1.00. The summed E-state index contributed by atoms with van der Waals surface area (Å²) in [6.07, 6.45) is 3.57. The Morgan fingerprint density at radius 3 is 2.75 bits per heavy atom. The van der Waals surface area contributed by atoms with Crippen molar-refractivity contribution >= 4 is 0 Å². The highest BCUT2D eigenvalue weighted by Crippen LogP contribution is 2.23. The second-order valence-electron chi connectivity index (χ2n) is 4.92. The van der Waals surface area contributed by atoms with Crippen LogP contribution in [0.1, 0.15) is 26.2 Å². The van der Waals surface area contributed by atoms with Gasteiger partial charge in [-0.3, -0.25) is 0 Å². The minimum atomic E-state index is 0.0313. The van der Waals surface area contributed by atoms with Crippen LogP contribution in [0.5, 0.6) is 0 Å². The number of methoxy groups -OCH3 is 2. The SMILES string of the molecule is COC(CN)CCN1CCCC(C)(OC)C1. The van der Waals surface area contributed by atoms with Gasteiger partial charge in [-0.2, -0.15) is 0 Å². The third kappa shape index (κ3) is 4.01. The summed E-state index contributed by atoms with van der Waals surface area (Å²) >= 11 is 0. The van der Waals surface area contributed by atoms with Crippen LogP contribution in [0.25, 0.3) is 0 Å². The highest BCUT2D eigenvalue weighted by atomic mass is 16.5. The molecular weight excluding hydrogens is 204 g/mol. The summed E-state index contributed by atoms with van der Waals surface area (Å²) in [6.45, 7) is 6.03. The first-order valence-electron chi connectivity index (χ1n) is 6.14. The summed E-state index contributed by atoms with van der Waals surface area (Å²) in [6, 6.07) is 0. The van der Waals surface area contributed by atoms with E-state index in [0.29, 0.717) is 6.54 Å². The smallest absolute Gasteiger partial charge is 0.0777 e. The zero-order valence-electron chi connectivity index (χ0n) is 10.9. The maximum absolute atomic E-state index is 5.61. The Morgan fingerprint density at radius 2 is 2.19 bits per heavy atom. The lowest BCUT2D eigenvalue weighted by atomic mass is 9.94. The topological polar surface area (TPSA) is 47.7 Å². The predicted octanol–water partition coefficient (Wildman–Crippen LogP) is 0.851. The van der Waals surface area contributed by atoms with E-state index >= 15 is 0 Å². The molecule has 96 valence electrons. The molecule has 1 aliphatic heterocycles. The Morgan fingerprint density at radius 1 is 1.44 bits per heavy atom. The minimum Gasteiger partial charge on any atom is -0.380 e. The Kier molecular flexibility index (Phi) is 5.69. The third-order valence-corrected chi connectivity index (χ3v) is 3.59. The van der Waals surface area contributed by atoms with Crippen LogP contribution in [0.2, 0.25) is 0 Å². The number of nitrogens with zero attached hydrogens (tertiary/aromatic N) is 1. The van der Waals surface area contributed by atoms with Crippen LogP contribution in [0.15, 0.2) is 0 Å². The zero-order valence-corrected chi connectivity index (χ0v) is 10.9. The molecule has 0 bridgehead atoms. The van der Waals surface area contributed by atoms with Crippen molar-refractivity contribution in [1.82, 2.24) is 4.90 Å². The Labute approximate surface area is 99.1 Å². The zero-order chi connectivity index (χ0) is 12.0. The van der Waals surface area contributed by atoms with Crippen LogP contribution in [0.4, 0.5) is 0 Å². The second kappa shape index (κ2) is 6.55. The molecule has 0 aliphatic carbocycles. The van der Waals surface area contributed by atoms with E-state index in [1.54, 1.807) is 14.2 Å². The molecule has 0 aromatic heterocycles. The first-order chi connectivity index (χ1) is 7.63. The van der Waals surface area contributed by atoms with Crippen molar-refractivity contribution < 1.29 is 9.47 Å². The van der Waals surface area contributed by atoms with Crippen molar-refractivity contribution in [3.63, 3.8) is 0 Å². The fourth-order valence-electron chi connectivity index (χ4n) is 2.32. The van der Waals surface area contributed by atoms with Crippen LogP contribution < -0.4 is 5.73 Å². The van der Waals surface area contributed by atoms with Crippen LogP contribution in [0, 0.1) is 0 Å². The van der Waals surface area contributed by atoms with Crippen LogP contribution in [0.3, 0.4) is 0 Å². The average molecular weight is 230 g/mol. The monoisotopic (exact) mass is 230 g/mol. The van der Waals surface area contributed by atoms with E-state index < -0.39 is 0 Å². The summed E-state index contributed by atoms with van der Waals surface area (Å²) < 4.78 is 10.9. The molecule has 1 aliphatic rings. The summed E-state index contributed by atoms with van der Waals surface area (Å²) in [5.74, 6) is 0. The maximum atomic E-state index is 5.61. The quantitative estimate of drug-likeness (QED) is 0.735. The molecule has 0 spiro atoms. The number of hydrogen-bond donors (Lipinski definition) is 1. The van der Waals surface area contributed by atoms with E-state index in [9.17, 15) is 0 Å². The van der Waals surface area contributed by atoms with Gasteiger partial charge in [0.1, 0.15) is 0 Å². The number of likely N-dealkylation sites (tertiary alicyclic amines) is 1. The van der Waals surface area contributed by atoms with E-state index in [1.165, 1.54) is 13.0 Å². The summed E-state index contributed by atoms with van der Waals surface area (Å²) in [7, 11) is 3.54. The number of rotatable bonds is 6. The molecule has 0 aromatic carbocycles. The first-order valence-corrected chi connectivity index (χ1v) is 6.14. The van der Waals surface area contributed by atoms with Gasteiger partial charge >= 0.3 is 0 Å². The second-order valence-corrected chi connectivity index (χ2v) is 4.92. The van der Waals surface area contributed by atoms with E-state index in [4.69, 9.17) is 15.2 Å². The van der Waals surface area contributed by atoms with Crippen LogP contribution in [-0.4, -0.2) is 57.0 Å². The number of ether oxygens (including phenoxy) is 2. The fourth-order valence-corrected chi connectivity index (χ4v) is 2.32. The van der Waals surface area contributed by atoms with Gasteiger partial charge in [-0.05, 0) is 32.7 Å². The van der Waals surface area contributed by atoms with Crippen molar-refractivity contribution in [3.05, 3.63) is 0 Å². The summed E-state index contributed by atoms with van der Waals surface area (Å²) in [5, 5.41) is 0. The molecule has 4 heteroatoms. The lowest BCUT2D eigenvalue weighted by molar-refractivity contribution is -0.0533. The molecule has 2 N–H and O–H groups in total. The molecule has 2 atom stereocenters. The highest BCUT2D eigenvalue weighted by Gasteiger charge is 2.30. The van der Waals surface area contributed by atoms with Gasteiger partial charge in [-0.15, -0.1) is 0 Å². The van der Waals surface area contributed by atoms with Crippen molar-refractivity contribution in [3.8, 4) is 0 Å². The number of nitrogens with two attached hydrogens (primary N) is 1. The van der Waals surface area contributed by atoms with Gasteiger partial charge in [0, 0.05) is 33.9 Å². The molecule has 0 aromatic rings. The van der Waals surface area contributed by atoms with E-state index in [0.717, 1.165) is 25.9 Å². The van der Waals surface area contributed by atoms with Gasteiger partial charge in [0.25, 0.3) is 0 Å². The van der Waals surface area contributed by atoms with E-state index in [2.05, 4.69) is 11.8 Å². The molecular formula is C12H26N2O2. The lowest BCUT2D eigenvalue weighted by Gasteiger charge is -2.39. The van der Waals surface area contributed by atoms with E-state index in [-0.39, 0.29) is 11.7 Å². The normalized spacial score (nSPS) is 29.2. The largest absolute Gasteiger partial charge is 0.380 e. The average Bonchev–Trinajstić information content (AvgIpc) is 2.31. The molecule has 1 rings (SSSR count). The van der Waals surface area contributed by atoms with Gasteiger partial charge in [-0.25, -0.2) is 0 Å². The number of hydrogen-bond acceptors (Lipinski definition) is 4. The van der Waals surface area contributed by atoms with Crippen LogP contribution in [-0.2, 0) is 9.47 Å². The molecule has 1 saturated heterocycles. The standard InChI is InChI=1S/C12H26N2O2/c1-12(16-3)6-4-7-14(10-12)8-5-11(9-13)15-2/h11H,4-10,13H2,1-3H3. The molecule has 1 heterocycles. The molecule has 0 radical (unpaired) electrons. The maximum Gasteiger partial charge on any atom is 0.0777 e. The lowest BCUT2D eigenvalue weighted by Crippen LogP contribution is -2.48. The Bertz CT molecular complexity index is 197. The first kappa shape index (κ1) is 13.9. The van der Waals surface area contributed by atoms with Gasteiger partial charge in [0.05, 0.1) is 11.7 Å². The van der Waals surface area contributed by atoms with Crippen molar-refractivity contribution in [2.75, 3.05) is 40.4 Å². The predicted molar refractivity (Wildman–Crippen MR) is 65.6 cm³/mol. The van der Waals surface area contributed by atoms with Crippen molar-refractivity contribution in [2.24, 2.45) is 5.73 Å². The minimum absolute atomic E-state index is 0.0313. The molecule has 0 saturated carbocycles. The van der Waals surface area contributed by atoms with Crippen molar-refractivity contribution in [2.45, 2.75) is 37.9 Å². The summed E-state index contributed by atoms with van der Waals surface area (Å²) in [5.41, 5.74) is 5.64. The molecule has 16 heavy (non-hydrogen) atoms. The van der Waals surface area contributed by atoms with E-state index in [1.807, 2.05) is 0 Å². The molecule has 1 fully saturated rings. The Balaban J connectivity index is 2.32. The van der Waals surface area contributed by atoms with Gasteiger partial charge in [0.2, 0.25) is 0 Å². The summed E-state index contributed by atoms with van der Waals surface area (Å²) in [4.78, 5) is 2.45. The van der Waals surface area contributed by atoms with Gasteiger partial charge in [-0.1, -0.05) is 0 Å². The van der Waals surface area contributed by atoms with Crippen LogP contribution >= 0.6 is 0 Å². The highest BCUT2D eigenvalue weighted by molar-refractivity contribution is 4.84. The third-order valence-electron chi connectivity index (χ3n) is 3.59. The molecule has 4 nitrogen and oxygen atoms in total. The molecule has 0 amide bonds. The van der Waals surface area contributed by atoms with Gasteiger partial charge < -0.3 is 20.1 Å². The number of piperidine rings is 1. The van der Waals surface area contributed by atoms with Crippen molar-refractivity contribution in [1.29, 1.82) is 0 Å².